The van der Waals surface area contributed by atoms with Crippen molar-refractivity contribution in [3.05, 3.63) is 16.4 Å². The summed E-state index contributed by atoms with van der Waals surface area (Å²) in [7, 11) is 2.93. The second kappa shape index (κ2) is 8.99. The van der Waals surface area contributed by atoms with Crippen LogP contribution in [-0.2, 0) is 9.47 Å². The number of aromatic nitrogens is 2. The van der Waals surface area contributed by atoms with E-state index in [9.17, 15) is 10.1 Å². The van der Waals surface area contributed by atoms with Gasteiger partial charge in [-0.3, -0.25) is 10.1 Å². The van der Waals surface area contributed by atoms with Crippen LogP contribution in [0.2, 0.25) is 0 Å². The first-order valence-corrected chi connectivity index (χ1v) is 6.04. The number of ether oxygens (including phenoxy) is 3. The Morgan fingerprint density at radius 2 is 2.10 bits per heavy atom. The van der Waals surface area contributed by atoms with Crippen LogP contribution in [0, 0.1) is 10.1 Å². The zero-order valence-corrected chi connectivity index (χ0v) is 11.5. The largest absolute Gasteiger partial charge is 0.476 e. The molecule has 112 valence electrons. The molecule has 0 radical (unpaired) electrons. The molecular formula is C11H18N4O5. The molecule has 0 amide bonds. The van der Waals surface area contributed by atoms with E-state index in [2.05, 4.69) is 15.3 Å². The van der Waals surface area contributed by atoms with Crippen LogP contribution in [0.15, 0.2) is 6.33 Å². The maximum absolute atomic E-state index is 11.0. The van der Waals surface area contributed by atoms with Gasteiger partial charge in [0, 0.05) is 20.3 Å². The molecule has 0 fully saturated rings. The van der Waals surface area contributed by atoms with Crippen LogP contribution in [0.3, 0.4) is 0 Å². The summed E-state index contributed by atoms with van der Waals surface area (Å²) in [6, 6.07) is 0. The predicted molar refractivity (Wildman–Crippen MR) is 71.0 cm³/mol. The predicted octanol–water partition coefficient (Wildman–Crippen LogP) is 0.858. The molecule has 1 N–H and O–H groups in total. The first kappa shape index (κ1) is 16.1. The number of nitrogens with zero attached hydrogens (tertiary/aromatic N) is 3. The Balaban J connectivity index is 2.45. The fraction of sp³-hybridized carbons (Fsp3) is 0.636. The molecule has 0 saturated heterocycles. The fourth-order valence-corrected chi connectivity index (χ4v) is 1.43. The summed E-state index contributed by atoms with van der Waals surface area (Å²) < 4.78 is 15.0. The van der Waals surface area contributed by atoms with Gasteiger partial charge in [-0.05, 0) is 6.42 Å². The minimum Gasteiger partial charge on any atom is -0.476 e. The van der Waals surface area contributed by atoms with Crippen molar-refractivity contribution in [2.75, 3.05) is 45.9 Å². The van der Waals surface area contributed by atoms with Crippen LogP contribution in [-0.4, -0.2) is 55.5 Å². The average molecular weight is 286 g/mol. The topological polar surface area (TPSA) is 109 Å². The summed E-state index contributed by atoms with van der Waals surface area (Å²) >= 11 is 0. The number of rotatable bonds is 10. The SMILES string of the molecule is COCCOCCCNc1ncnc(OC)c1[N+](=O)[O-]. The maximum atomic E-state index is 11.0. The lowest BCUT2D eigenvalue weighted by atomic mass is 10.4. The van der Waals surface area contributed by atoms with Crippen molar-refractivity contribution in [3.63, 3.8) is 0 Å². The number of hydrogen-bond acceptors (Lipinski definition) is 8. The van der Waals surface area contributed by atoms with E-state index in [4.69, 9.17) is 14.2 Å². The van der Waals surface area contributed by atoms with Gasteiger partial charge >= 0.3 is 5.69 Å². The first-order chi connectivity index (χ1) is 9.70. The van der Waals surface area contributed by atoms with Gasteiger partial charge in [0.1, 0.15) is 6.33 Å². The molecule has 1 heterocycles. The average Bonchev–Trinajstić information content (AvgIpc) is 2.45. The Labute approximate surface area is 116 Å². The van der Waals surface area contributed by atoms with Gasteiger partial charge in [-0.2, -0.15) is 4.98 Å². The third-order valence-electron chi connectivity index (χ3n) is 2.35. The number of hydrogen-bond donors (Lipinski definition) is 1. The van der Waals surface area contributed by atoms with Crippen molar-refractivity contribution in [1.82, 2.24) is 9.97 Å². The highest BCUT2D eigenvalue weighted by molar-refractivity contribution is 5.60. The fourth-order valence-electron chi connectivity index (χ4n) is 1.43. The smallest absolute Gasteiger partial charge is 0.372 e. The molecule has 9 heteroatoms. The third kappa shape index (κ3) is 4.94. The monoisotopic (exact) mass is 286 g/mol. The lowest BCUT2D eigenvalue weighted by Crippen LogP contribution is -2.11. The standard InChI is InChI=1S/C11H18N4O5/c1-18-6-7-20-5-3-4-12-10-9(15(16)17)11(19-2)14-8-13-10/h8H,3-7H2,1-2H3,(H,12,13,14). The third-order valence-corrected chi connectivity index (χ3v) is 2.35. The maximum Gasteiger partial charge on any atom is 0.372 e. The second-order valence-corrected chi connectivity index (χ2v) is 3.72. The summed E-state index contributed by atoms with van der Waals surface area (Å²) in [4.78, 5) is 18.0. The minimum absolute atomic E-state index is 0.0659. The van der Waals surface area contributed by atoms with Gasteiger partial charge < -0.3 is 19.5 Å². The molecule has 0 unspecified atom stereocenters. The zero-order valence-electron chi connectivity index (χ0n) is 11.5. The highest BCUT2D eigenvalue weighted by Crippen LogP contribution is 2.30. The van der Waals surface area contributed by atoms with Crippen molar-refractivity contribution in [2.45, 2.75) is 6.42 Å². The number of anilines is 1. The molecule has 0 aliphatic rings. The van der Waals surface area contributed by atoms with E-state index in [1.54, 1.807) is 7.11 Å². The number of nitrogens with one attached hydrogen (secondary N) is 1. The van der Waals surface area contributed by atoms with E-state index in [0.717, 1.165) is 0 Å². The Hall–Kier alpha value is -2.00. The van der Waals surface area contributed by atoms with Crippen molar-refractivity contribution in [3.8, 4) is 5.88 Å². The van der Waals surface area contributed by atoms with Crippen LogP contribution in [0.4, 0.5) is 11.5 Å². The molecule has 1 rings (SSSR count). The molecule has 0 aliphatic carbocycles. The molecule has 0 spiro atoms. The lowest BCUT2D eigenvalue weighted by Gasteiger charge is -2.08. The van der Waals surface area contributed by atoms with Gasteiger partial charge in [0.05, 0.1) is 25.2 Å². The Kier molecular flexibility index (Phi) is 7.22. The summed E-state index contributed by atoms with van der Waals surface area (Å²) in [6.45, 7) is 2.10. The minimum atomic E-state index is -0.573. The quantitative estimate of drug-likeness (QED) is 0.383. The molecule has 0 saturated carbocycles. The van der Waals surface area contributed by atoms with Crippen molar-refractivity contribution < 1.29 is 19.1 Å². The first-order valence-electron chi connectivity index (χ1n) is 6.04. The van der Waals surface area contributed by atoms with Gasteiger partial charge in [0.25, 0.3) is 5.88 Å². The van der Waals surface area contributed by atoms with Crippen molar-refractivity contribution >= 4 is 11.5 Å². The Bertz CT molecular complexity index is 429. The molecule has 0 aliphatic heterocycles. The Morgan fingerprint density at radius 3 is 2.75 bits per heavy atom. The molecule has 20 heavy (non-hydrogen) atoms. The second-order valence-electron chi connectivity index (χ2n) is 3.72. The molecule has 1 aromatic rings. The number of methoxy groups -OCH3 is 2. The molecule has 0 atom stereocenters. The summed E-state index contributed by atoms with van der Waals surface area (Å²) in [5.74, 6) is 0.0718. The molecule has 1 aromatic heterocycles. The van der Waals surface area contributed by atoms with E-state index in [-0.39, 0.29) is 17.4 Å². The van der Waals surface area contributed by atoms with Crippen molar-refractivity contribution in [2.24, 2.45) is 0 Å². The van der Waals surface area contributed by atoms with E-state index < -0.39 is 4.92 Å². The van der Waals surface area contributed by atoms with E-state index in [0.29, 0.717) is 32.8 Å². The molecule has 0 aromatic carbocycles. The Morgan fingerprint density at radius 1 is 1.30 bits per heavy atom. The van der Waals surface area contributed by atoms with E-state index >= 15 is 0 Å². The van der Waals surface area contributed by atoms with Crippen LogP contribution in [0.5, 0.6) is 5.88 Å². The van der Waals surface area contributed by atoms with Gasteiger partial charge in [-0.1, -0.05) is 0 Å². The van der Waals surface area contributed by atoms with Crippen LogP contribution >= 0.6 is 0 Å². The van der Waals surface area contributed by atoms with Crippen LogP contribution < -0.4 is 10.1 Å². The van der Waals surface area contributed by atoms with E-state index in [1.165, 1.54) is 13.4 Å². The van der Waals surface area contributed by atoms with Gasteiger partial charge in [-0.25, -0.2) is 4.98 Å². The van der Waals surface area contributed by atoms with E-state index in [1.807, 2.05) is 0 Å². The van der Waals surface area contributed by atoms with Crippen LogP contribution in [0.25, 0.3) is 0 Å². The van der Waals surface area contributed by atoms with Crippen LogP contribution in [0.1, 0.15) is 6.42 Å². The van der Waals surface area contributed by atoms with Crippen molar-refractivity contribution in [1.29, 1.82) is 0 Å². The van der Waals surface area contributed by atoms with Gasteiger partial charge in [-0.15, -0.1) is 0 Å². The molecular weight excluding hydrogens is 268 g/mol. The highest BCUT2D eigenvalue weighted by atomic mass is 16.6. The van der Waals surface area contributed by atoms with Gasteiger partial charge in [0.2, 0.25) is 5.82 Å². The normalized spacial score (nSPS) is 10.3. The zero-order chi connectivity index (χ0) is 14.8. The lowest BCUT2D eigenvalue weighted by molar-refractivity contribution is -0.385. The summed E-state index contributed by atoms with van der Waals surface area (Å²) in [5, 5.41) is 13.9. The summed E-state index contributed by atoms with van der Waals surface area (Å²) in [6.07, 6.45) is 1.90. The number of nitro groups is 1. The molecule has 9 nitrogen and oxygen atoms in total. The molecule has 0 bridgehead atoms. The van der Waals surface area contributed by atoms with Gasteiger partial charge in [0.15, 0.2) is 0 Å². The summed E-state index contributed by atoms with van der Waals surface area (Å²) in [5.41, 5.74) is -0.268. The highest BCUT2D eigenvalue weighted by Gasteiger charge is 2.23.